The Balaban J connectivity index is 1.96. The van der Waals surface area contributed by atoms with Gasteiger partial charge in [-0.05, 0) is 18.6 Å². The lowest BCUT2D eigenvalue weighted by Gasteiger charge is -1.99. The summed E-state index contributed by atoms with van der Waals surface area (Å²) in [4.78, 5) is 0. The summed E-state index contributed by atoms with van der Waals surface area (Å²) in [5, 5.41) is 0. The van der Waals surface area contributed by atoms with E-state index in [-0.39, 0.29) is 0 Å². The number of thioether (sulfide) groups is 1. The Morgan fingerprint density at radius 2 is 2.50 bits per heavy atom. The normalized spacial score (nSPS) is 10.4. The standard InChI is InChI=1S/C9H14O2S/c1-2-5-10-8-12-7-9-4-3-6-11-9/h3-4,6H,2,5,7-8H2,1H3. The van der Waals surface area contributed by atoms with E-state index in [0.29, 0.717) is 0 Å². The van der Waals surface area contributed by atoms with Gasteiger partial charge in [0, 0.05) is 6.61 Å². The molecule has 0 N–H and O–H groups in total. The molecular weight excluding hydrogens is 172 g/mol. The Labute approximate surface area is 77.3 Å². The van der Waals surface area contributed by atoms with E-state index >= 15 is 0 Å². The van der Waals surface area contributed by atoms with Gasteiger partial charge in [0.1, 0.15) is 5.76 Å². The number of ether oxygens (including phenoxy) is 1. The second kappa shape index (κ2) is 6.14. The summed E-state index contributed by atoms with van der Waals surface area (Å²) in [5.41, 5.74) is 0. The first-order valence-corrected chi connectivity index (χ1v) is 5.27. The molecule has 0 fully saturated rings. The molecule has 1 heterocycles. The summed E-state index contributed by atoms with van der Waals surface area (Å²) in [6.45, 7) is 2.96. The van der Waals surface area contributed by atoms with Gasteiger partial charge < -0.3 is 9.15 Å². The zero-order valence-corrected chi connectivity index (χ0v) is 8.10. The van der Waals surface area contributed by atoms with Crippen molar-refractivity contribution in [2.24, 2.45) is 0 Å². The van der Waals surface area contributed by atoms with Crippen LogP contribution in [0.3, 0.4) is 0 Å². The van der Waals surface area contributed by atoms with Gasteiger partial charge in [0.15, 0.2) is 0 Å². The quantitative estimate of drug-likeness (QED) is 0.504. The lowest BCUT2D eigenvalue weighted by molar-refractivity contribution is 0.183. The molecule has 1 aromatic rings. The van der Waals surface area contributed by atoms with Gasteiger partial charge in [-0.2, -0.15) is 0 Å². The molecule has 0 aliphatic carbocycles. The van der Waals surface area contributed by atoms with Gasteiger partial charge in [-0.1, -0.05) is 6.92 Å². The van der Waals surface area contributed by atoms with Crippen LogP contribution in [0.4, 0.5) is 0 Å². The van der Waals surface area contributed by atoms with Gasteiger partial charge in [-0.3, -0.25) is 0 Å². The predicted octanol–water partition coefficient (Wildman–Crippen LogP) is 2.90. The van der Waals surface area contributed by atoms with Crippen molar-refractivity contribution in [3.05, 3.63) is 24.2 Å². The highest BCUT2D eigenvalue weighted by Gasteiger charge is 1.94. The van der Waals surface area contributed by atoms with Crippen molar-refractivity contribution < 1.29 is 9.15 Å². The van der Waals surface area contributed by atoms with Crippen LogP contribution in [0.2, 0.25) is 0 Å². The molecule has 0 radical (unpaired) electrons. The van der Waals surface area contributed by atoms with Crippen molar-refractivity contribution in [2.45, 2.75) is 19.1 Å². The molecule has 0 atom stereocenters. The molecule has 0 aromatic carbocycles. The smallest absolute Gasteiger partial charge is 0.113 e. The zero-order valence-electron chi connectivity index (χ0n) is 7.29. The minimum Gasteiger partial charge on any atom is -0.468 e. The molecule has 0 amide bonds. The summed E-state index contributed by atoms with van der Waals surface area (Å²) in [6, 6.07) is 3.88. The molecule has 1 aromatic heterocycles. The third-order valence-corrected chi connectivity index (χ3v) is 2.16. The fourth-order valence-corrected chi connectivity index (χ4v) is 1.48. The Morgan fingerprint density at radius 1 is 1.58 bits per heavy atom. The maximum atomic E-state index is 5.30. The van der Waals surface area contributed by atoms with Gasteiger partial charge in [0.05, 0.1) is 18.0 Å². The SMILES string of the molecule is CCCOCSCc1ccco1. The first kappa shape index (κ1) is 9.68. The van der Waals surface area contributed by atoms with Gasteiger partial charge in [-0.15, -0.1) is 11.8 Å². The molecule has 0 saturated heterocycles. The maximum Gasteiger partial charge on any atom is 0.113 e. The second-order valence-electron chi connectivity index (χ2n) is 2.45. The molecule has 0 bridgehead atoms. The van der Waals surface area contributed by atoms with E-state index in [0.717, 1.165) is 30.5 Å². The highest BCUT2D eigenvalue weighted by molar-refractivity contribution is 7.98. The minimum atomic E-state index is 0.758. The van der Waals surface area contributed by atoms with Crippen LogP contribution in [0.15, 0.2) is 22.8 Å². The fourth-order valence-electron chi connectivity index (χ4n) is 0.799. The third-order valence-electron chi connectivity index (χ3n) is 1.34. The Hall–Kier alpha value is -0.410. The van der Waals surface area contributed by atoms with Crippen LogP contribution in [0.25, 0.3) is 0 Å². The molecule has 0 spiro atoms. The summed E-state index contributed by atoms with van der Waals surface area (Å²) in [7, 11) is 0. The van der Waals surface area contributed by atoms with Crippen LogP contribution in [0.5, 0.6) is 0 Å². The Kier molecular flexibility index (Phi) is 4.95. The third kappa shape index (κ3) is 3.83. The second-order valence-corrected chi connectivity index (χ2v) is 3.39. The lowest BCUT2D eigenvalue weighted by atomic mass is 10.5. The van der Waals surface area contributed by atoms with Crippen molar-refractivity contribution in [1.82, 2.24) is 0 Å². The fraction of sp³-hybridized carbons (Fsp3) is 0.556. The lowest BCUT2D eigenvalue weighted by Crippen LogP contribution is -1.91. The number of furan rings is 1. The summed E-state index contributed by atoms with van der Waals surface area (Å²) >= 11 is 1.73. The van der Waals surface area contributed by atoms with Crippen LogP contribution in [-0.4, -0.2) is 12.5 Å². The molecule has 1 rings (SSSR count). The zero-order chi connectivity index (χ0) is 8.65. The molecular formula is C9H14O2S. The highest BCUT2D eigenvalue weighted by Crippen LogP contribution is 2.12. The van der Waals surface area contributed by atoms with E-state index < -0.39 is 0 Å². The molecule has 12 heavy (non-hydrogen) atoms. The Morgan fingerprint density at radius 3 is 3.17 bits per heavy atom. The largest absolute Gasteiger partial charge is 0.468 e. The van der Waals surface area contributed by atoms with E-state index in [2.05, 4.69) is 6.92 Å². The van der Waals surface area contributed by atoms with E-state index in [1.54, 1.807) is 18.0 Å². The van der Waals surface area contributed by atoms with Crippen molar-refractivity contribution >= 4 is 11.8 Å². The van der Waals surface area contributed by atoms with Crippen LogP contribution in [0, 0.1) is 0 Å². The van der Waals surface area contributed by atoms with Crippen LogP contribution in [0.1, 0.15) is 19.1 Å². The molecule has 2 nitrogen and oxygen atoms in total. The Bertz CT molecular complexity index is 184. The predicted molar refractivity (Wildman–Crippen MR) is 51.1 cm³/mol. The van der Waals surface area contributed by atoms with E-state index in [4.69, 9.17) is 9.15 Å². The molecule has 0 aliphatic rings. The summed E-state index contributed by atoms with van der Waals surface area (Å²) < 4.78 is 10.5. The molecule has 3 heteroatoms. The monoisotopic (exact) mass is 186 g/mol. The van der Waals surface area contributed by atoms with Crippen molar-refractivity contribution in [3.8, 4) is 0 Å². The van der Waals surface area contributed by atoms with Crippen LogP contribution in [-0.2, 0) is 10.5 Å². The first-order chi connectivity index (χ1) is 5.93. The molecule has 0 saturated carbocycles. The maximum absolute atomic E-state index is 5.30. The first-order valence-electron chi connectivity index (χ1n) is 4.11. The van der Waals surface area contributed by atoms with Crippen molar-refractivity contribution in [1.29, 1.82) is 0 Å². The van der Waals surface area contributed by atoms with Crippen molar-refractivity contribution in [2.75, 3.05) is 12.5 Å². The topological polar surface area (TPSA) is 22.4 Å². The molecule has 68 valence electrons. The van der Waals surface area contributed by atoms with Crippen LogP contribution < -0.4 is 0 Å². The van der Waals surface area contributed by atoms with E-state index in [1.807, 2.05) is 12.1 Å². The summed E-state index contributed by atoms with van der Waals surface area (Å²) in [5.74, 6) is 2.67. The van der Waals surface area contributed by atoms with E-state index in [1.165, 1.54) is 0 Å². The van der Waals surface area contributed by atoms with Gasteiger partial charge in [0.2, 0.25) is 0 Å². The van der Waals surface area contributed by atoms with Gasteiger partial charge >= 0.3 is 0 Å². The van der Waals surface area contributed by atoms with E-state index in [9.17, 15) is 0 Å². The number of hydrogen-bond donors (Lipinski definition) is 0. The average Bonchev–Trinajstić information content (AvgIpc) is 2.57. The highest BCUT2D eigenvalue weighted by atomic mass is 32.2. The van der Waals surface area contributed by atoms with Gasteiger partial charge in [0.25, 0.3) is 0 Å². The van der Waals surface area contributed by atoms with Crippen molar-refractivity contribution in [3.63, 3.8) is 0 Å². The minimum absolute atomic E-state index is 0.758. The summed E-state index contributed by atoms with van der Waals surface area (Å²) in [6.07, 6.45) is 2.78. The number of hydrogen-bond acceptors (Lipinski definition) is 3. The molecule has 0 unspecified atom stereocenters. The molecule has 0 aliphatic heterocycles. The van der Waals surface area contributed by atoms with Crippen LogP contribution >= 0.6 is 11.8 Å². The average molecular weight is 186 g/mol. The number of rotatable bonds is 6. The van der Waals surface area contributed by atoms with Gasteiger partial charge in [-0.25, -0.2) is 0 Å².